The number of likely N-dealkylation sites (N-methyl/N-ethyl adjacent to an activating group) is 1. The minimum Gasteiger partial charge on any atom is -0.480 e. The minimum absolute atomic E-state index is 0.0119. The van der Waals surface area contributed by atoms with Gasteiger partial charge in [-0.25, -0.2) is 4.79 Å². The Balaban J connectivity index is 3.47. The van der Waals surface area contributed by atoms with Crippen molar-refractivity contribution in [1.29, 1.82) is 0 Å². The zero-order valence-corrected chi connectivity index (χ0v) is 11.6. The van der Waals surface area contributed by atoms with Crippen molar-refractivity contribution in [3.05, 3.63) is 33.3 Å². The number of rotatable bonds is 5. The molecular formula is C12H15ClN2O4. The number of nitro benzene ring substituents is 1. The van der Waals surface area contributed by atoms with Crippen LogP contribution in [0.5, 0.6) is 0 Å². The zero-order chi connectivity index (χ0) is 14.8. The number of aliphatic carboxylic acids is 1. The Labute approximate surface area is 115 Å². The summed E-state index contributed by atoms with van der Waals surface area (Å²) in [6.07, 6.45) is 0. The molecule has 19 heavy (non-hydrogen) atoms. The van der Waals surface area contributed by atoms with Crippen molar-refractivity contribution in [3.8, 4) is 0 Å². The highest BCUT2D eigenvalue weighted by molar-refractivity contribution is 6.33. The monoisotopic (exact) mass is 286 g/mol. The Morgan fingerprint density at radius 3 is 2.53 bits per heavy atom. The van der Waals surface area contributed by atoms with Crippen LogP contribution in [0.25, 0.3) is 0 Å². The quantitative estimate of drug-likeness (QED) is 0.664. The molecule has 0 spiro atoms. The zero-order valence-electron chi connectivity index (χ0n) is 10.9. The van der Waals surface area contributed by atoms with Gasteiger partial charge in [-0.3, -0.25) is 10.1 Å². The Morgan fingerprint density at radius 2 is 2.11 bits per heavy atom. The van der Waals surface area contributed by atoms with Crippen LogP contribution < -0.4 is 4.90 Å². The summed E-state index contributed by atoms with van der Waals surface area (Å²) in [6.45, 7) is 5.02. The predicted octanol–water partition coefficient (Wildman–Crippen LogP) is 2.94. The van der Waals surface area contributed by atoms with Gasteiger partial charge in [-0.1, -0.05) is 17.7 Å². The summed E-state index contributed by atoms with van der Waals surface area (Å²) in [6, 6.07) is 4.47. The Bertz CT molecular complexity index is 516. The van der Waals surface area contributed by atoms with E-state index in [4.69, 9.17) is 11.6 Å². The van der Waals surface area contributed by atoms with E-state index in [1.54, 1.807) is 13.0 Å². The highest BCUT2D eigenvalue weighted by atomic mass is 35.5. The van der Waals surface area contributed by atoms with Gasteiger partial charge in [-0.05, 0) is 32.9 Å². The number of benzene rings is 1. The van der Waals surface area contributed by atoms with E-state index in [1.807, 2.05) is 0 Å². The van der Waals surface area contributed by atoms with E-state index >= 15 is 0 Å². The lowest BCUT2D eigenvalue weighted by Crippen LogP contribution is -2.50. The highest BCUT2D eigenvalue weighted by Crippen LogP contribution is 2.37. The molecule has 1 N–H and O–H groups in total. The average molecular weight is 287 g/mol. The number of para-hydroxylation sites is 1. The third kappa shape index (κ3) is 2.78. The lowest BCUT2D eigenvalue weighted by atomic mass is 10.0. The number of nitro groups is 1. The van der Waals surface area contributed by atoms with Gasteiger partial charge in [-0.2, -0.15) is 0 Å². The third-order valence-corrected chi connectivity index (χ3v) is 3.26. The summed E-state index contributed by atoms with van der Waals surface area (Å²) in [5.41, 5.74) is -1.35. The van der Waals surface area contributed by atoms with Gasteiger partial charge in [0.25, 0.3) is 0 Å². The molecule has 104 valence electrons. The van der Waals surface area contributed by atoms with Crippen molar-refractivity contribution >= 4 is 28.9 Å². The largest absolute Gasteiger partial charge is 0.480 e. The smallest absolute Gasteiger partial charge is 0.328 e. The molecule has 0 atom stereocenters. The van der Waals surface area contributed by atoms with Crippen LogP contribution in [0.2, 0.25) is 5.02 Å². The number of hydrogen-bond donors (Lipinski definition) is 1. The molecule has 0 saturated carbocycles. The molecule has 0 aliphatic heterocycles. The van der Waals surface area contributed by atoms with Gasteiger partial charge in [0, 0.05) is 6.54 Å². The van der Waals surface area contributed by atoms with E-state index < -0.39 is 16.4 Å². The molecule has 0 bridgehead atoms. The van der Waals surface area contributed by atoms with Gasteiger partial charge in [0.1, 0.15) is 16.2 Å². The SMILES string of the molecule is CCN(c1cccc(Cl)c1[N+](=O)[O-])C(C)(C)C(=O)O. The Morgan fingerprint density at radius 1 is 1.53 bits per heavy atom. The maximum atomic E-state index is 11.3. The second-order valence-corrected chi connectivity index (χ2v) is 4.88. The Kier molecular flexibility index (Phi) is 4.36. The fourth-order valence-corrected chi connectivity index (χ4v) is 2.12. The molecule has 0 heterocycles. The minimum atomic E-state index is -1.27. The molecule has 1 aromatic carbocycles. The van der Waals surface area contributed by atoms with Crippen LogP contribution in [0.4, 0.5) is 11.4 Å². The lowest BCUT2D eigenvalue weighted by Gasteiger charge is -2.35. The Hall–Kier alpha value is -1.82. The van der Waals surface area contributed by atoms with Crippen LogP contribution in [0.1, 0.15) is 20.8 Å². The second-order valence-electron chi connectivity index (χ2n) is 4.47. The molecule has 0 saturated heterocycles. The van der Waals surface area contributed by atoms with Gasteiger partial charge in [-0.15, -0.1) is 0 Å². The van der Waals surface area contributed by atoms with Gasteiger partial charge in [0.15, 0.2) is 0 Å². The molecule has 0 aliphatic carbocycles. The molecule has 1 aromatic rings. The first-order valence-corrected chi connectivity index (χ1v) is 6.05. The fourth-order valence-electron chi connectivity index (χ4n) is 1.88. The van der Waals surface area contributed by atoms with E-state index in [9.17, 15) is 20.0 Å². The summed E-state index contributed by atoms with van der Waals surface area (Å²) in [4.78, 5) is 23.3. The van der Waals surface area contributed by atoms with E-state index in [2.05, 4.69) is 0 Å². The molecule has 7 heteroatoms. The molecule has 0 fully saturated rings. The van der Waals surface area contributed by atoms with Crippen molar-refractivity contribution in [2.24, 2.45) is 0 Å². The number of carboxylic acids is 1. The lowest BCUT2D eigenvalue weighted by molar-refractivity contribution is -0.384. The third-order valence-electron chi connectivity index (χ3n) is 2.95. The molecule has 6 nitrogen and oxygen atoms in total. The van der Waals surface area contributed by atoms with Crippen LogP contribution in [0, 0.1) is 10.1 Å². The van der Waals surface area contributed by atoms with Crippen LogP contribution in [-0.4, -0.2) is 28.1 Å². The first kappa shape index (κ1) is 15.2. The van der Waals surface area contributed by atoms with Crippen LogP contribution >= 0.6 is 11.6 Å². The van der Waals surface area contributed by atoms with Crippen molar-refractivity contribution in [3.63, 3.8) is 0 Å². The van der Waals surface area contributed by atoms with E-state index in [0.717, 1.165) is 0 Å². The first-order valence-electron chi connectivity index (χ1n) is 5.67. The van der Waals surface area contributed by atoms with Crippen LogP contribution in [0.3, 0.4) is 0 Å². The summed E-state index contributed by atoms with van der Waals surface area (Å²) >= 11 is 5.84. The van der Waals surface area contributed by atoms with Gasteiger partial charge < -0.3 is 10.0 Å². The summed E-state index contributed by atoms with van der Waals surface area (Å²) in [7, 11) is 0. The molecule has 0 radical (unpaired) electrons. The number of hydrogen-bond acceptors (Lipinski definition) is 4. The summed E-state index contributed by atoms with van der Waals surface area (Å²) < 4.78 is 0. The average Bonchev–Trinajstić information content (AvgIpc) is 2.28. The maximum absolute atomic E-state index is 11.3. The van der Waals surface area contributed by atoms with Gasteiger partial charge >= 0.3 is 11.7 Å². The summed E-state index contributed by atoms with van der Waals surface area (Å²) in [5, 5.41) is 20.4. The molecule has 1 rings (SSSR count). The van der Waals surface area contributed by atoms with Gasteiger partial charge in [0.05, 0.1) is 4.92 Å². The highest BCUT2D eigenvalue weighted by Gasteiger charge is 2.37. The second kappa shape index (κ2) is 5.44. The number of halogens is 1. The van der Waals surface area contributed by atoms with Crippen LogP contribution in [0.15, 0.2) is 18.2 Å². The van der Waals surface area contributed by atoms with Crippen LogP contribution in [-0.2, 0) is 4.79 Å². The number of carboxylic acid groups (broad SMARTS) is 1. The van der Waals surface area contributed by atoms with Crippen molar-refractivity contribution in [2.75, 3.05) is 11.4 Å². The standard InChI is InChI=1S/C12H15ClN2O4/c1-4-14(12(2,3)11(16)17)9-7-5-6-8(13)10(9)15(18)19/h5-7H,4H2,1-3H3,(H,16,17). The van der Waals surface area contributed by atoms with Gasteiger partial charge in [0.2, 0.25) is 0 Å². The molecule has 0 amide bonds. The van der Waals surface area contributed by atoms with E-state index in [0.29, 0.717) is 6.54 Å². The van der Waals surface area contributed by atoms with E-state index in [-0.39, 0.29) is 16.4 Å². The van der Waals surface area contributed by atoms with Crippen molar-refractivity contribution < 1.29 is 14.8 Å². The predicted molar refractivity (Wildman–Crippen MR) is 72.8 cm³/mol. The fraction of sp³-hybridized carbons (Fsp3) is 0.417. The number of carbonyl (C=O) groups is 1. The van der Waals surface area contributed by atoms with Crippen molar-refractivity contribution in [1.82, 2.24) is 0 Å². The summed E-state index contributed by atoms with van der Waals surface area (Å²) in [5.74, 6) is -1.07. The normalized spacial score (nSPS) is 11.2. The van der Waals surface area contributed by atoms with Crippen molar-refractivity contribution in [2.45, 2.75) is 26.3 Å². The number of anilines is 1. The topological polar surface area (TPSA) is 83.7 Å². The molecule has 0 aromatic heterocycles. The molecule has 0 aliphatic rings. The molecule has 0 unspecified atom stereocenters. The number of nitrogens with zero attached hydrogens (tertiary/aromatic N) is 2. The first-order chi connectivity index (χ1) is 8.73. The van der Waals surface area contributed by atoms with E-state index in [1.165, 1.54) is 30.9 Å². The maximum Gasteiger partial charge on any atom is 0.328 e. The molecular weight excluding hydrogens is 272 g/mol.